The van der Waals surface area contributed by atoms with Crippen molar-refractivity contribution in [3.05, 3.63) is 45.5 Å². The third kappa shape index (κ3) is 3.81. The van der Waals surface area contributed by atoms with Crippen molar-refractivity contribution in [3.8, 4) is 0 Å². The van der Waals surface area contributed by atoms with Crippen molar-refractivity contribution in [2.24, 2.45) is 0 Å². The SMILES string of the molecule is COC(=O)c1[nH]c2c(c1C(C)(C)C)C(=O)CC2.COC(=O)c1cc2c([nH]1)CCC2=O. The maximum absolute atomic E-state index is 11.9. The molecule has 2 N–H and O–H groups in total. The number of hydrogen-bond acceptors (Lipinski definition) is 6. The largest absolute Gasteiger partial charge is 0.464 e. The maximum Gasteiger partial charge on any atom is 0.354 e. The average Bonchev–Trinajstić information content (AvgIpc) is 3.44. The molecule has 0 saturated heterocycles. The molecule has 0 radical (unpaired) electrons. The highest BCUT2D eigenvalue weighted by atomic mass is 16.5. The van der Waals surface area contributed by atoms with Crippen LogP contribution in [0.1, 0.15) is 92.3 Å². The van der Waals surface area contributed by atoms with Gasteiger partial charge in [0, 0.05) is 40.9 Å². The molecule has 0 atom stereocenters. The number of ether oxygens (including phenoxy) is 2. The zero-order valence-electron chi connectivity index (χ0n) is 17.9. The summed E-state index contributed by atoms with van der Waals surface area (Å²) in [5, 5.41) is 0. The number of aromatic nitrogens is 2. The minimum Gasteiger partial charge on any atom is -0.464 e. The number of ketones is 2. The molecule has 2 heterocycles. The van der Waals surface area contributed by atoms with Crippen molar-refractivity contribution < 1.29 is 28.7 Å². The molecule has 160 valence electrons. The highest BCUT2D eigenvalue weighted by Crippen LogP contribution is 2.36. The fourth-order valence-electron chi connectivity index (χ4n) is 3.95. The second-order valence-corrected chi connectivity index (χ2v) is 8.38. The summed E-state index contributed by atoms with van der Waals surface area (Å²) < 4.78 is 9.29. The summed E-state index contributed by atoms with van der Waals surface area (Å²) in [7, 11) is 2.67. The van der Waals surface area contributed by atoms with Crippen LogP contribution in [-0.2, 0) is 27.7 Å². The number of H-pyrrole nitrogens is 2. The molecular formula is C22H26N2O6. The lowest BCUT2D eigenvalue weighted by Crippen LogP contribution is -2.19. The molecule has 0 aromatic carbocycles. The lowest BCUT2D eigenvalue weighted by atomic mass is 9.83. The zero-order chi connectivity index (χ0) is 22.2. The molecule has 30 heavy (non-hydrogen) atoms. The van der Waals surface area contributed by atoms with Gasteiger partial charge in [-0.1, -0.05) is 20.8 Å². The molecule has 8 heteroatoms. The first-order valence-electron chi connectivity index (χ1n) is 9.78. The lowest BCUT2D eigenvalue weighted by molar-refractivity contribution is 0.0584. The number of carbonyl (C=O) groups is 4. The zero-order valence-corrected chi connectivity index (χ0v) is 17.9. The van der Waals surface area contributed by atoms with E-state index in [4.69, 9.17) is 4.74 Å². The Morgan fingerprint density at radius 3 is 2.03 bits per heavy atom. The Hall–Kier alpha value is -3.16. The van der Waals surface area contributed by atoms with Gasteiger partial charge in [0.05, 0.1) is 14.2 Å². The molecule has 0 spiro atoms. The molecule has 4 rings (SSSR count). The molecule has 2 aromatic rings. The summed E-state index contributed by atoms with van der Waals surface area (Å²) in [5.41, 5.74) is 4.40. The number of nitrogens with one attached hydrogen (secondary N) is 2. The first-order chi connectivity index (χ1) is 14.1. The van der Waals surface area contributed by atoms with Gasteiger partial charge in [0.15, 0.2) is 11.6 Å². The second-order valence-electron chi connectivity index (χ2n) is 8.38. The van der Waals surface area contributed by atoms with E-state index in [1.165, 1.54) is 14.2 Å². The van der Waals surface area contributed by atoms with Crippen molar-refractivity contribution in [1.29, 1.82) is 0 Å². The number of methoxy groups -OCH3 is 2. The first kappa shape index (κ1) is 21.5. The van der Waals surface area contributed by atoms with Crippen LogP contribution in [0.3, 0.4) is 0 Å². The van der Waals surface area contributed by atoms with Gasteiger partial charge in [0.1, 0.15) is 11.4 Å². The van der Waals surface area contributed by atoms with E-state index in [-0.39, 0.29) is 17.0 Å². The van der Waals surface area contributed by atoms with E-state index in [9.17, 15) is 19.2 Å². The van der Waals surface area contributed by atoms with Crippen LogP contribution in [-0.4, -0.2) is 47.7 Å². The highest BCUT2D eigenvalue weighted by molar-refractivity contribution is 6.05. The number of rotatable bonds is 2. The van der Waals surface area contributed by atoms with Gasteiger partial charge >= 0.3 is 11.9 Å². The smallest absolute Gasteiger partial charge is 0.354 e. The van der Waals surface area contributed by atoms with Gasteiger partial charge in [-0.15, -0.1) is 0 Å². The van der Waals surface area contributed by atoms with Crippen molar-refractivity contribution in [3.63, 3.8) is 0 Å². The number of hydrogen-bond donors (Lipinski definition) is 2. The van der Waals surface area contributed by atoms with Crippen LogP contribution in [0.25, 0.3) is 0 Å². The third-order valence-electron chi connectivity index (χ3n) is 5.31. The van der Waals surface area contributed by atoms with Gasteiger partial charge in [-0.05, 0) is 24.3 Å². The standard InChI is InChI=1S/C13H17NO3.C9H9NO3/c1-13(2,3)10-9-7(5-6-8(9)15)14-11(10)12(16)17-4;1-13-9(12)7-4-5-6(10-7)2-3-8(5)11/h14H,5-6H2,1-4H3;4,10H,2-3H2,1H3. The van der Waals surface area contributed by atoms with Gasteiger partial charge < -0.3 is 19.4 Å². The van der Waals surface area contributed by atoms with Gasteiger partial charge in [0.2, 0.25) is 0 Å². The summed E-state index contributed by atoms with van der Waals surface area (Å²) in [6, 6.07) is 1.57. The molecule has 0 amide bonds. The average molecular weight is 414 g/mol. The van der Waals surface area contributed by atoms with Gasteiger partial charge in [-0.3, -0.25) is 9.59 Å². The number of fused-ring (bicyclic) bond motifs is 2. The monoisotopic (exact) mass is 414 g/mol. The van der Waals surface area contributed by atoms with Gasteiger partial charge in [-0.25, -0.2) is 9.59 Å². The quantitative estimate of drug-likeness (QED) is 0.729. The van der Waals surface area contributed by atoms with Crippen LogP contribution in [0.5, 0.6) is 0 Å². The normalized spacial score (nSPS) is 14.7. The minimum atomic E-state index is -0.429. The first-order valence-corrected chi connectivity index (χ1v) is 9.78. The predicted octanol–water partition coefficient (Wildman–Crippen LogP) is 3.16. The molecule has 0 unspecified atom stereocenters. The molecule has 0 saturated carbocycles. The van der Waals surface area contributed by atoms with E-state index < -0.39 is 11.9 Å². The Balaban J connectivity index is 0.000000177. The summed E-state index contributed by atoms with van der Waals surface area (Å²) in [6.45, 7) is 5.98. The molecule has 2 aliphatic carbocycles. The Morgan fingerprint density at radius 2 is 1.47 bits per heavy atom. The fraction of sp³-hybridized carbons (Fsp3) is 0.455. The van der Waals surface area contributed by atoms with Gasteiger partial charge in [0.25, 0.3) is 0 Å². The van der Waals surface area contributed by atoms with E-state index in [1.807, 2.05) is 20.8 Å². The topological polar surface area (TPSA) is 118 Å². The summed E-state index contributed by atoms with van der Waals surface area (Å²) in [6.07, 6.45) is 2.47. The number of esters is 2. The number of aromatic amines is 2. The van der Waals surface area contributed by atoms with Crippen LogP contribution in [0.15, 0.2) is 6.07 Å². The van der Waals surface area contributed by atoms with E-state index >= 15 is 0 Å². The van der Waals surface area contributed by atoms with Crippen LogP contribution in [0, 0.1) is 0 Å². The second kappa shape index (κ2) is 7.93. The van der Waals surface area contributed by atoms with E-state index in [1.54, 1.807) is 6.07 Å². The third-order valence-corrected chi connectivity index (χ3v) is 5.31. The number of carbonyl (C=O) groups excluding carboxylic acids is 4. The predicted molar refractivity (Wildman–Crippen MR) is 108 cm³/mol. The van der Waals surface area contributed by atoms with Crippen molar-refractivity contribution in [2.75, 3.05) is 14.2 Å². The molecule has 0 bridgehead atoms. The Bertz CT molecular complexity index is 1030. The summed E-state index contributed by atoms with van der Waals surface area (Å²) >= 11 is 0. The lowest BCUT2D eigenvalue weighted by Gasteiger charge is -2.20. The van der Waals surface area contributed by atoms with Crippen LogP contribution in [0.2, 0.25) is 0 Å². The summed E-state index contributed by atoms with van der Waals surface area (Å²) in [4.78, 5) is 51.8. The Morgan fingerprint density at radius 1 is 0.867 bits per heavy atom. The van der Waals surface area contributed by atoms with Gasteiger partial charge in [-0.2, -0.15) is 0 Å². The van der Waals surface area contributed by atoms with Crippen molar-refractivity contribution >= 4 is 23.5 Å². The van der Waals surface area contributed by atoms with Crippen LogP contribution < -0.4 is 0 Å². The molecular weight excluding hydrogens is 388 g/mol. The molecule has 0 fully saturated rings. The Labute approximate surface area is 174 Å². The van der Waals surface area contributed by atoms with E-state index in [0.29, 0.717) is 48.2 Å². The molecule has 8 nitrogen and oxygen atoms in total. The van der Waals surface area contributed by atoms with Crippen molar-refractivity contribution in [2.45, 2.75) is 51.9 Å². The van der Waals surface area contributed by atoms with Crippen LogP contribution in [0.4, 0.5) is 0 Å². The molecule has 0 aliphatic heterocycles. The maximum atomic E-state index is 11.9. The highest BCUT2D eigenvalue weighted by Gasteiger charge is 2.35. The number of aryl methyl sites for hydroxylation is 2. The molecule has 2 aliphatic rings. The minimum absolute atomic E-state index is 0.0985. The van der Waals surface area contributed by atoms with Crippen molar-refractivity contribution in [1.82, 2.24) is 9.97 Å². The number of Topliss-reactive ketones (excluding diaryl/α,β-unsaturated/α-hetero) is 2. The van der Waals surface area contributed by atoms with Crippen LogP contribution >= 0.6 is 0 Å². The van der Waals surface area contributed by atoms with E-state index in [0.717, 1.165) is 17.0 Å². The molecule has 2 aromatic heterocycles. The summed E-state index contributed by atoms with van der Waals surface area (Å²) in [5.74, 6) is -0.614. The fourth-order valence-corrected chi connectivity index (χ4v) is 3.95. The van der Waals surface area contributed by atoms with E-state index in [2.05, 4.69) is 14.7 Å². The Kier molecular flexibility index (Phi) is 5.70.